The van der Waals surface area contributed by atoms with Crippen molar-refractivity contribution in [1.82, 2.24) is 10.6 Å². The number of rotatable bonds is 4. The van der Waals surface area contributed by atoms with Gasteiger partial charge >= 0.3 is 6.09 Å². The molecule has 4 rings (SSSR count). The zero-order chi connectivity index (χ0) is 16.7. The van der Waals surface area contributed by atoms with Gasteiger partial charge in [0.15, 0.2) is 6.10 Å². The average molecular weight is 349 g/mol. The summed E-state index contributed by atoms with van der Waals surface area (Å²) in [4.78, 5) is 23.8. The molecule has 2 saturated carbocycles. The molecule has 2 amide bonds. The number of hydrogen-bond donors (Lipinski definition) is 2. The maximum absolute atomic E-state index is 12.6. The summed E-state index contributed by atoms with van der Waals surface area (Å²) in [6.45, 7) is 0.230. The number of benzene rings is 1. The maximum atomic E-state index is 12.6. The van der Waals surface area contributed by atoms with Crippen molar-refractivity contribution >= 4 is 23.6 Å². The molecule has 1 heterocycles. The fraction of sp³-hybridized carbons (Fsp3) is 0.556. The van der Waals surface area contributed by atoms with E-state index in [1.165, 1.54) is 12.8 Å². The second-order valence-corrected chi connectivity index (χ2v) is 7.71. The van der Waals surface area contributed by atoms with Gasteiger partial charge in [-0.05, 0) is 61.1 Å². The summed E-state index contributed by atoms with van der Waals surface area (Å²) < 4.78 is 5.04. The van der Waals surface area contributed by atoms with Crippen molar-refractivity contribution < 1.29 is 14.3 Å². The Bertz CT molecular complexity index is 653. The number of halogens is 1. The van der Waals surface area contributed by atoms with E-state index in [2.05, 4.69) is 10.6 Å². The van der Waals surface area contributed by atoms with Crippen LogP contribution in [-0.2, 0) is 9.53 Å². The van der Waals surface area contributed by atoms with Crippen LogP contribution in [0.15, 0.2) is 24.3 Å². The largest absolute Gasteiger partial charge is 0.434 e. The minimum atomic E-state index is -0.748. The average Bonchev–Trinajstić information content (AvgIpc) is 3.29. The van der Waals surface area contributed by atoms with Crippen LogP contribution in [0.2, 0.25) is 5.02 Å². The summed E-state index contributed by atoms with van der Waals surface area (Å²) in [5.74, 6) is 0.556. The van der Waals surface area contributed by atoms with Crippen LogP contribution in [0.3, 0.4) is 0 Å². The van der Waals surface area contributed by atoms with Crippen molar-refractivity contribution in [2.75, 3.05) is 6.54 Å². The van der Waals surface area contributed by atoms with E-state index in [4.69, 9.17) is 16.3 Å². The fourth-order valence-corrected chi connectivity index (χ4v) is 4.78. The van der Waals surface area contributed by atoms with Gasteiger partial charge in [0.2, 0.25) is 0 Å². The van der Waals surface area contributed by atoms with Gasteiger partial charge < -0.3 is 15.4 Å². The highest BCUT2D eigenvalue weighted by atomic mass is 35.5. The predicted octanol–water partition coefficient (Wildman–Crippen LogP) is 3.19. The first-order valence-electron chi connectivity index (χ1n) is 8.56. The maximum Gasteiger partial charge on any atom is 0.408 e. The monoisotopic (exact) mass is 348 g/mol. The minimum Gasteiger partial charge on any atom is -0.434 e. The zero-order valence-corrected chi connectivity index (χ0v) is 14.1. The standard InChI is InChI=1S/C18H21ClN2O3/c19-13-3-1-12(2-4-13)15(18-7-5-11(9-18)6-8-18)21-16(22)14-10-20-17(23)24-14/h1-4,11,14-15H,5-10H2,(H,20,23)(H,21,22)/t11?,14-,15+,18?/m0/s1. The molecule has 1 aromatic carbocycles. The van der Waals surface area contributed by atoms with Gasteiger partial charge in [-0.15, -0.1) is 0 Å². The van der Waals surface area contributed by atoms with Gasteiger partial charge in [-0.1, -0.05) is 23.7 Å². The van der Waals surface area contributed by atoms with Gasteiger partial charge in [-0.2, -0.15) is 0 Å². The first kappa shape index (κ1) is 15.8. The Balaban J connectivity index is 1.59. The summed E-state index contributed by atoms with van der Waals surface area (Å²) >= 11 is 6.03. The van der Waals surface area contributed by atoms with Gasteiger partial charge in [-0.3, -0.25) is 4.79 Å². The van der Waals surface area contributed by atoms with Gasteiger partial charge in [0.1, 0.15) is 0 Å². The van der Waals surface area contributed by atoms with Crippen molar-refractivity contribution in [1.29, 1.82) is 0 Å². The zero-order valence-electron chi connectivity index (χ0n) is 13.4. The quantitative estimate of drug-likeness (QED) is 0.878. The number of cyclic esters (lactones) is 1. The molecule has 5 nitrogen and oxygen atoms in total. The van der Waals surface area contributed by atoms with Gasteiger partial charge in [0, 0.05) is 5.02 Å². The molecule has 1 aliphatic heterocycles. The van der Waals surface area contributed by atoms with Crippen LogP contribution < -0.4 is 10.6 Å². The third-order valence-electron chi connectivity index (χ3n) is 5.87. The first-order valence-corrected chi connectivity index (χ1v) is 8.94. The molecule has 2 aliphatic carbocycles. The van der Waals surface area contributed by atoms with Crippen molar-refractivity contribution in [3.05, 3.63) is 34.9 Å². The van der Waals surface area contributed by atoms with Crippen molar-refractivity contribution in [2.24, 2.45) is 11.3 Å². The van der Waals surface area contributed by atoms with E-state index >= 15 is 0 Å². The number of alkyl carbamates (subject to hydrolysis) is 1. The van der Waals surface area contributed by atoms with Crippen LogP contribution in [0.4, 0.5) is 4.79 Å². The molecule has 3 fully saturated rings. The number of fused-ring (bicyclic) bond motifs is 2. The van der Waals surface area contributed by atoms with Crippen molar-refractivity contribution in [3.8, 4) is 0 Å². The van der Waals surface area contributed by atoms with Gasteiger partial charge in [0.05, 0.1) is 12.6 Å². The molecule has 24 heavy (non-hydrogen) atoms. The third kappa shape index (κ3) is 2.75. The molecule has 2 N–H and O–H groups in total. The van der Waals surface area contributed by atoms with Crippen LogP contribution in [0, 0.1) is 11.3 Å². The Hall–Kier alpha value is -1.75. The highest BCUT2D eigenvalue weighted by molar-refractivity contribution is 6.30. The van der Waals surface area contributed by atoms with Gasteiger partial charge in [-0.25, -0.2) is 4.79 Å². The number of amides is 2. The number of ether oxygens (including phenoxy) is 1. The van der Waals surface area contributed by atoms with Crippen LogP contribution >= 0.6 is 11.6 Å². The van der Waals surface area contributed by atoms with Crippen LogP contribution in [0.5, 0.6) is 0 Å². The Morgan fingerprint density at radius 2 is 2.00 bits per heavy atom. The fourth-order valence-electron chi connectivity index (χ4n) is 4.66. The normalized spacial score (nSPS) is 32.3. The number of carbonyl (C=O) groups is 2. The molecule has 0 radical (unpaired) electrons. The highest BCUT2D eigenvalue weighted by Gasteiger charge is 2.51. The van der Waals surface area contributed by atoms with Crippen LogP contribution in [-0.4, -0.2) is 24.6 Å². The summed E-state index contributed by atoms with van der Waals surface area (Å²) in [6, 6.07) is 7.66. The van der Waals surface area contributed by atoms with Crippen LogP contribution in [0.25, 0.3) is 0 Å². The van der Waals surface area contributed by atoms with E-state index in [1.807, 2.05) is 24.3 Å². The van der Waals surface area contributed by atoms with Crippen molar-refractivity contribution in [3.63, 3.8) is 0 Å². The second-order valence-electron chi connectivity index (χ2n) is 7.28. The van der Waals surface area contributed by atoms with Gasteiger partial charge in [0.25, 0.3) is 5.91 Å². The molecule has 0 unspecified atom stereocenters. The second kappa shape index (κ2) is 5.96. The molecule has 6 heteroatoms. The van der Waals surface area contributed by atoms with E-state index in [0.29, 0.717) is 5.02 Å². The molecular weight excluding hydrogens is 328 g/mol. The molecule has 3 aliphatic rings. The van der Waals surface area contributed by atoms with Crippen molar-refractivity contribution in [2.45, 2.75) is 44.2 Å². The lowest BCUT2D eigenvalue weighted by Crippen LogP contribution is -2.44. The molecule has 1 saturated heterocycles. The molecular formula is C18H21ClN2O3. The highest BCUT2D eigenvalue weighted by Crippen LogP contribution is 2.60. The number of nitrogens with one attached hydrogen (secondary N) is 2. The minimum absolute atomic E-state index is 0.0610. The molecule has 128 valence electrons. The number of carbonyl (C=O) groups excluding carboxylic acids is 2. The Morgan fingerprint density at radius 1 is 1.29 bits per heavy atom. The first-order chi connectivity index (χ1) is 11.6. The van der Waals surface area contributed by atoms with E-state index in [0.717, 1.165) is 30.7 Å². The lowest BCUT2D eigenvalue weighted by Gasteiger charge is -2.37. The molecule has 2 bridgehead atoms. The Kier molecular flexibility index (Phi) is 3.91. The lowest BCUT2D eigenvalue weighted by atomic mass is 9.74. The predicted molar refractivity (Wildman–Crippen MR) is 89.6 cm³/mol. The third-order valence-corrected chi connectivity index (χ3v) is 6.12. The molecule has 0 spiro atoms. The SMILES string of the molecule is O=C1NC[C@@H](C(=O)N[C@H](c2ccc(Cl)cc2)C23CCC(CC2)C3)O1. The summed E-state index contributed by atoms with van der Waals surface area (Å²) in [5.41, 5.74) is 1.19. The molecule has 2 atom stereocenters. The summed E-state index contributed by atoms with van der Waals surface area (Å²) in [5, 5.41) is 6.40. The molecule has 0 aromatic heterocycles. The van der Waals surface area contributed by atoms with Crippen LogP contribution in [0.1, 0.15) is 43.7 Å². The Labute approximate surface area is 146 Å². The molecule has 1 aromatic rings. The lowest BCUT2D eigenvalue weighted by molar-refractivity contribution is -0.129. The number of hydrogen-bond acceptors (Lipinski definition) is 3. The van der Waals surface area contributed by atoms with E-state index < -0.39 is 12.2 Å². The summed E-state index contributed by atoms with van der Waals surface area (Å²) in [7, 11) is 0. The van der Waals surface area contributed by atoms with E-state index in [-0.39, 0.29) is 23.9 Å². The van der Waals surface area contributed by atoms with E-state index in [9.17, 15) is 9.59 Å². The topological polar surface area (TPSA) is 67.4 Å². The van der Waals surface area contributed by atoms with E-state index in [1.54, 1.807) is 0 Å². The summed E-state index contributed by atoms with van der Waals surface area (Å²) in [6.07, 6.45) is 4.62. The Morgan fingerprint density at radius 3 is 2.54 bits per heavy atom. The smallest absolute Gasteiger partial charge is 0.408 e.